The molecular weight excluding hydrogens is 328 g/mol. The molecule has 2 amide bonds. The quantitative estimate of drug-likeness (QED) is 0.820. The average molecular weight is 344 g/mol. The monoisotopic (exact) mass is 344 g/mol. The maximum Gasteiger partial charge on any atom is 0.264 e. The number of nitrogens with one attached hydrogen (secondary N) is 2. The molecule has 22 heavy (non-hydrogen) atoms. The summed E-state index contributed by atoms with van der Waals surface area (Å²) in [6.45, 7) is 1.78. The summed E-state index contributed by atoms with van der Waals surface area (Å²) < 4.78 is 30.0. The molecule has 1 aromatic carbocycles. The van der Waals surface area contributed by atoms with Gasteiger partial charge in [-0.1, -0.05) is 0 Å². The molecule has 7 nitrogen and oxygen atoms in total. The van der Waals surface area contributed by atoms with Gasteiger partial charge in [-0.3, -0.25) is 9.59 Å². The van der Waals surface area contributed by atoms with Crippen molar-refractivity contribution in [2.24, 2.45) is 0 Å². The van der Waals surface area contributed by atoms with Crippen LogP contribution in [0.1, 0.15) is 17.3 Å². The minimum absolute atomic E-state index is 0.00259. The largest absolute Gasteiger partial charge is 0.384 e. The second-order valence-electron chi connectivity index (χ2n) is 4.70. The normalized spacial score (nSPS) is 17.5. The molecular formula is C13H16N2O5S2. The van der Waals surface area contributed by atoms with Crippen molar-refractivity contribution >= 4 is 39.3 Å². The first-order valence-corrected chi connectivity index (χ1v) is 9.01. The Morgan fingerprint density at radius 2 is 2.18 bits per heavy atom. The van der Waals surface area contributed by atoms with E-state index in [-0.39, 0.29) is 29.1 Å². The van der Waals surface area contributed by atoms with Gasteiger partial charge in [-0.15, -0.1) is 11.8 Å². The number of carbonyl (C=O) groups excluding carboxylic acids is 2. The van der Waals surface area contributed by atoms with Gasteiger partial charge in [-0.05, 0) is 25.1 Å². The molecule has 0 aliphatic carbocycles. The molecule has 1 aliphatic heterocycles. The van der Waals surface area contributed by atoms with Crippen LogP contribution < -0.4 is 10.0 Å². The predicted molar refractivity (Wildman–Crippen MR) is 83.5 cm³/mol. The van der Waals surface area contributed by atoms with E-state index < -0.39 is 15.9 Å². The second-order valence-corrected chi connectivity index (χ2v) is 7.93. The molecule has 9 heteroatoms. The number of rotatable bonds is 5. The first-order chi connectivity index (χ1) is 10.3. The second kappa shape index (κ2) is 6.67. The molecule has 120 valence electrons. The third-order valence-corrected chi connectivity index (χ3v) is 5.36. The Morgan fingerprint density at radius 1 is 1.45 bits per heavy atom. The van der Waals surface area contributed by atoms with Gasteiger partial charge in [-0.25, -0.2) is 13.1 Å². The van der Waals surface area contributed by atoms with E-state index in [0.717, 1.165) is 4.90 Å². The van der Waals surface area contributed by atoms with Crippen LogP contribution in [0.3, 0.4) is 0 Å². The summed E-state index contributed by atoms with van der Waals surface area (Å²) in [5, 5.41) is 2.49. The maximum absolute atomic E-state index is 12.0. The zero-order valence-electron chi connectivity index (χ0n) is 12.1. The van der Waals surface area contributed by atoms with Gasteiger partial charge < -0.3 is 10.1 Å². The number of anilines is 1. The third-order valence-electron chi connectivity index (χ3n) is 2.98. The summed E-state index contributed by atoms with van der Waals surface area (Å²) in [4.78, 5) is 24.5. The molecule has 1 aliphatic rings. The van der Waals surface area contributed by atoms with Crippen molar-refractivity contribution in [1.82, 2.24) is 4.72 Å². The number of carbonyl (C=O) groups is 2. The number of thioether (sulfide) groups is 1. The molecule has 1 heterocycles. The first kappa shape index (κ1) is 16.8. The van der Waals surface area contributed by atoms with E-state index in [9.17, 15) is 18.0 Å². The zero-order valence-corrected chi connectivity index (χ0v) is 13.7. The number of hydrogen-bond acceptors (Lipinski definition) is 6. The van der Waals surface area contributed by atoms with Crippen molar-refractivity contribution in [3.63, 3.8) is 0 Å². The Hall–Kier alpha value is -1.58. The number of methoxy groups -OCH3 is 1. The lowest BCUT2D eigenvalue weighted by Crippen LogP contribution is -2.34. The first-order valence-electron chi connectivity index (χ1n) is 6.48. The Labute approximate surface area is 132 Å². The number of benzene rings is 1. The number of amides is 2. The Balaban J connectivity index is 2.15. The van der Waals surface area contributed by atoms with E-state index >= 15 is 0 Å². The highest BCUT2D eigenvalue weighted by Gasteiger charge is 2.24. The molecule has 2 N–H and O–H groups in total. The van der Waals surface area contributed by atoms with Gasteiger partial charge in [0.25, 0.3) is 5.91 Å². The van der Waals surface area contributed by atoms with Gasteiger partial charge in [0.05, 0.1) is 23.3 Å². The van der Waals surface area contributed by atoms with Crippen LogP contribution in [-0.2, 0) is 19.6 Å². The van der Waals surface area contributed by atoms with Crippen LogP contribution in [0, 0.1) is 0 Å². The fourth-order valence-electron chi connectivity index (χ4n) is 1.79. The highest BCUT2D eigenvalue weighted by molar-refractivity contribution is 8.01. The van der Waals surface area contributed by atoms with Gasteiger partial charge in [0.15, 0.2) is 0 Å². The van der Waals surface area contributed by atoms with Gasteiger partial charge in [0.2, 0.25) is 15.9 Å². The molecule has 0 radical (unpaired) electrons. The lowest BCUT2D eigenvalue weighted by atomic mass is 10.2. The number of fused-ring (bicyclic) bond motifs is 1. The minimum atomic E-state index is -3.75. The Bertz CT molecular complexity index is 702. The molecule has 0 bridgehead atoms. The number of sulfonamides is 1. The molecule has 0 unspecified atom stereocenters. The van der Waals surface area contributed by atoms with Crippen molar-refractivity contribution in [2.75, 3.05) is 24.8 Å². The van der Waals surface area contributed by atoms with E-state index in [0.29, 0.717) is 5.69 Å². The maximum atomic E-state index is 12.0. The lowest BCUT2D eigenvalue weighted by Gasteiger charge is -2.21. The van der Waals surface area contributed by atoms with Gasteiger partial charge in [0.1, 0.15) is 0 Å². The van der Waals surface area contributed by atoms with Crippen molar-refractivity contribution in [3.8, 4) is 0 Å². The van der Waals surface area contributed by atoms with E-state index in [2.05, 4.69) is 10.1 Å². The lowest BCUT2D eigenvalue weighted by molar-refractivity contribution is -0.115. The molecule has 0 aromatic heterocycles. The summed E-state index contributed by atoms with van der Waals surface area (Å²) in [6, 6.07) is 4.68. The molecule has 1 aromatic rings. The SMILES string of the molecule is COCCS(=O)(=O)NC(=O)c1ccc2c(c1)NC(=O)[C@H](C)S2. The van der Waals surface area contributed by atoms with Crippen molar-refractivity contribution in [1.29, 1.82) is 0 Å². The summed E-state index contributed by atoms with van der Waals surface area (Å²) in [7, 11) is -2.37. The Morgan fingerprint density at radius 3 is 2.86 bits per heavy atom. The van der Waals surface area contributed by atoms with E-state index in [4.69, 9.17) is 0 Å². The molecule has 0 saturated carbocycles. The molecule has 2 rings (SSSR count). The van der Waals surface area contributed by atoms with Gasteiger partial charge in [-0.2, -0.15) is 0 Å². The van der Waals surface area contributed by atoms with Gasteiger partial charge in [0, 0.05) is 17.6 Å². The minimum Gasteiger partial charge on any atom is -0.384 e. The van der Waals surface area contributed by atoms with Crippen LogP contribution in [0.5, 0.6) is 0 Å². The topological polar surface area (TPSA) is 102 Å². The zero-order chi connectivity index (χ0) is 16.3. The summed E-state index contributed by atoms with van der Waals surface area (Å²) >= 11 is 1.39. The van der Waals surface area contributed by atoms with E-state index in [1.807, 2.05) is 4.72 Å². The molecule has 1 atom stereocenters. The van der Waals surface area contributed by atoms with Crippen molar-refractivity contribution in [2.45, 2.75) is 17.1 Å². The average Bonchev–Trinajstić information content (AvgIpc) is 2.45. The van der Waals surface area contributed by atoms with Gasteiger partial charge >= 0.3 is 0 Å². The van der Waals surface area contributed by atoms with Crippen LogP contribution in [0.25, 0.3) is 0 Å². The molecule has 0 saturated heterocycles. The fourth-order valence-corrected chi connectivity index (χ4v) is 3.61. The van der Waals surface area contributed by atoms with Crippen LogP contribution in [0.15, 0.2) is 23.1 Å². The highest BCUT2D eigenvalue weighted by Crippen LogP contribution is 2.35. The van der Waals surface area contributed by atoms with Crippen LogP contribution >= 0.6 is 11.8 Å². The highest BCUT2D eigenvalue weighted by atomic mass is 32.2. The van der Waals surface area contributed by atoms with E-state index in [1.165, 1.54) is 31.0 Å². The standard InChI is InChI=1S/C13H16N2O5S2/c1-8-12(16)14-10-7-9(3-4-11(10)21-8)13(17)15-22(18,19)6-5-20-2/h3-4,7-8H,5-6H2,1-2H3,(H,14,16)(H,15,17)/t8-/m0/s1. The summed E-state index contributed by atoms with van der Waals surface area (Å²) in [5.74, 6) is -1.19. The van der Waals surface area contributed by atoms with Crippen molar-refractivity contribution < 1.29 is 22.7 Å². The van der Waals surface area contributed by atoms with Crippen molar-refractivity contribution in [3.05, 3.63) is 23.8 Å². The molecule has 0 spiro atoms. The predicted octanol–water partition coefficient (Wildman–Crippen LogP) is 0.825. The van der Waals surface area contributed by atoms with Crippen LogP contribution in [0.4, 0.5) is 5.69 Å². The van der Waals surface area contributed by atoms with Crippen LogP contribution in [-0.4, -0.2) is 45.0 Å². The summed E-state index contributed by atoms with van der Waals surface area (Å²) in [6.07, 6.45) is 0. The number of hydrogen-bond donors (Lipinski definition) is 2. The smallest absolute Gasteiger partial charge is 0.264 e. The number of ether oxygens (including phenoxy) is 1. The summed E-state index contributed by atoms with van der Waals surface area (Å²) in [5.41, 5.74) is 0.672. The van der Waals surface area contributed by atoms with E-state index in [1.54, 1.807) is 13.0 Å². The van der Waals surface area contributed by atoms with Crippen LogP contribution in [0.2, 0.25) is 0 Å². The third kappa shape index (κ3) is 3.99. The molecule has 0 fully saturated rings. The Kier molecular flexibility index (Phi) is 5.09. The fraction of sp³-hybridized carbons (Fsp3) is 0.385.